The Bertz CT molecular complexity index is 2380. The first kappa shape index (κ1) is 49.9. The summed E-state index contributed by atoms with van der Waals surface area (Å²) in [6, 6.07) is 6.65. The minimum Gasteiger partial charge on any atom is -0.505 e. The average Bonchev–Trinajstić information content (AvgIpc) is 2.89. The molecule has 4 radical (unpaired) electrons. The molecule has 4 rings (SSSR count). The van der Waals surface area contributed by atoms with Crippen LogP contribution in [0.3, 0.4) is 0 Å². The number of fused-ring (bicyclic) bond motifs is 1. The zero-order valence-corrected chi connectivity index (χ0v) is 38.2. The standard InChI is InChI=1S/C21H18ClN7O13S4.4Na/c22-19-25-20(23-5-6-43(31,32)33)27-21(26-19)24-13-9-11(44(34,35)36)7-10-8-15(46(40,41)42)17(18(30)16(10)13)29-28-12-3-1-2-4-14(12)45(37,38)39;;;;/h1-4,7-9,30H,5-6H2,(H,31,32,33)(H,34,35,36)(H,37,38,39)(H,40,41,42)(H2,23,24,25,26,27);;;;. The Kier molecular flexibility index (Phi) is 19.4. The molecule has 0 bridgehead atoms. The Hall–Kier alpha value is -0.140. The molecule has 3 aromatic carbocycles. The van der Waals surface area contributed by atoms with E-state index in [0.29, 0.717) is 6.07 Å². The number of benzene rings is 3. The van der Waals surface area contributed by atoms with Crippen molar-refractivity contribution in [3.05, 3.63) is 47.7 Å². The first-order chi connectivity index (χ1) is 21.1. The van der Waals surface area contributed by atoms with Gasteiger partial charge in [0.1, 0.15) is 21.2 Å². The van der Waals surface area contributed by atoms with Crippen molar-refractivity contribution in [1.29, 1.82) is 0 Å². The second kappa shape index (κ2) is 19.4. The number of rotatable bonds is 11. The zero-order valence-electron chi connectivity index (χ0n) is 26.2. The topological polar surface area (TPSA) is 325 Å². The molecule has 0 saturated heterocycles. The Labute approximate surface area is 377 Å². The second-order valence-corrected chi connectivity index (χ2v) is 14.9. The Morgan fingerprint density at radius 2 is 1.30 bits per heavy atom. The first-order valence-corrected chi connectivity index (χ1v) is 18.1. The molecule has 0 fully saturated rings. The van der Waals surface area contributed by atoms with Gasteiger partial charge < -0.3 is 15.7 Å². The van der Waals surface area contributed by atoms with Gasteiger partial charge in [-0.1, -0.05) is 12.1 Å². The van der Waals surface area contributed by atoms with E-state index in [1.54, 1.807) is 0 Å². The van der Waals surface area contributed by atoms with Gasteiger partial charge in [0, 0.05) is 130 Å². The molecule has 4 aromatic rings. The maximum Gasteiger partial charge on any atom is 0.296 e. The van der Waals surface area contributed by atoms with Gasteiger partial charge >= 0.3 is 0 Å². The van der Waals surface area contributed by atoms with E-state index in [4.69, 9.17) is 16.2 Å². The molecule has 0 amide bonds. The number of phenols is 1. The van der Waals surface area contributed by atoms with Crippen molar-refractivity contribution in [1.82, 2.24) is 15.0 Å². The van der Waals surface area contributed by atoms with Gasteiger partial charge in [0.25, 0.3) is 40.5 Å². The van der Waals surface area contributed by atoms with Crippen LogP contribution in [0.4, 0.5) is 29.0 Å². The zero-order chi connectivity index (χ0) is 34.2. The van der Waals surface area contributed by atoms with E-state index in [1.807, 2.05) is 0 Å². The third-order valence-electron chi connectivity index (χ3n) is 5.60. The number of phenolic OH excluding ortho intramolecular Hbond substituents is 1. The molecule has 0 spiro atoms. The van der Waals surface area contributed by atoms with Crippen LogP contribution in [0.1, 0.15) is 0 Å². The minimum atomic E-state index is -5.27. The summed E-state index contributed by atoms with van der Waals surface area (Å²) in [6.07, 6.45) is 0. The normalized spacial score (nSPS) is 11.9. The molecule has 1 aromatic heterocycles. The quantitative estimate of drug-likeness (QED) is 0.0631. The Morgan fingerprint density at radius 3 is 1.86 bits per heavy atom. The van der Waals surface area contributed by atoms with Crippen molar-refractivity contribution < 1.29 is 57.0 Å². The van der Waals surface area contributed by atoms with Gasteiger partial charge in [-0.25, -0.2) is 0 Å². The van der Waals surface area contributed by atoms with E-state index in [0.717, 1.165) is 24.3 Å². The van der Waals surface area contributed by atoms with E-state index in [-0.39, 0.29) is 124 Å². The summed E-state index contributed by atoms with van der Waals surface area (Å²) >= 11 is 5.90. The van der Waals surface area contributed by atoms with E-state index < -0.39 is 112 Å². The molecule has 0 aliphatic carbocycles. The van der Waals surface area contributed by atoms with E-state index >= 15 is 0 Å². The molecule has 7 N–H and O–H groups in total. The number of azo groups is 1. The SMILES string of the molecule is O=S(=O)(O)CCNc1nc(Cl)nc(Nc2cc(S(=O)(=O)O)cc3cc(S(=O)(=O)O)c(N=Nc4ccccc4S(=O)(=O)O)c(O)c23)n1.[Na].[Na].[Na].[Na]. The van der Waals surface area contributed by atoms with Crippen LogP contribution < -0.4 is 10.6 Å². The summed E-state index contributed by atoms with van der Waals surface area (Å²) in [4.78, 5) is 8.65. The summed E-state index contributed by atoms with van der Waals surface area (Å²) in [5, 5.41) is 22.0. The maximum atomic E-state index is 12.3. The van der Waals surface area contributed by atoms with Crippen molar-refractivity contribution in [2.24, 2.45) is 10.2 Å². The second-order valence-electron chi connectivity index (χ2n) is 8.82. The van der Waals surface area contributed by atoms with Crippen LogP contribution in [0.2, 0.25) is 5.28 Å². The number of hydrogen-bond donors (Lipinski definition) is 7. The van der Waals surface area contributed by atoms with Crippen molar-refractivity contribution in [2.75, 3.05) is 22.9 Å². The van der Waals surface area contributed by atoms with Gasteiger partial charge in [-0.3, -0.25) is 18.2 Å². The molecule has 29 heteroatoms. The third kappa shape index (κ3) is 13.3. The fraction of sp³-hybridized carbons (Fsp3) is 0.0952. The van der Waals surface area contributed by atoms with Crippen molar-refractivity contribution in [3.63, 3.8) is 0 Å². The fourth-order valence-electron chi connectivity index (χ4n) is 3.76. The minimum absolute atomic E-state index is 0. The van der Waals surface area contributed by atoms with Gasteiger partial charge in [-0.05, 0) is 47.3 Å². The monoisotopic (exact) mass is 831 g/mol. The molecular weight excluding hydrogens is 814 g/mol. The van der Waals surface area contributed by atoms with Gasteiger partial charge in [-0.2, -0.15) is 48.6 Å². The average molecular weight is 832 g/mol. The number of aromatic nitrogens is 3. The molecule has 0 aliphatic heterocycles. The number of hydrogen-bond acceptors (Lipinski definition) is 16. The molecule has 0 saturated carbocycles. The van der Waals surface area contributed by atoms with Crippen molar-refractivity contribution in [2.45, 2.75) is 14.7 Å². The molecule has 1 heterocycles. The molecule has 50 heavy (non-hydrogen) atoms. The van der Waals surface area contributed by atoms with Crippen molar-refractivity contribution in [3.8, 4) is 5.75 Å². The fourth-order valence-corrected chi connectivity index (χ4v) is 6.10. The third-order valence-corrected chi connectivity index (χ3v) is 9.09. The van der Waals surface area contributed by atoms with E-state index in [2.05, 4.69) is 35.8 Å². The number of aromatic hydroxyl groups is 1. The Balaban J connectivity index is 0.00000600. The molecule has 20 nitrogen and oxygen atoms in total. The van der Waals surface area contributed by atoms with Gasteiger partial charge in [-0.15, -0.1) is 10.2 Å². The molecule has 0 atom stereocenters. The van der Waals surface area contributed by atoms with E-state index in [9.17, 15) is 52.4 Å². The van der Waals surface area contributed by atoms with Crippen LogP contribution in [0.15, 0.2) is 67.4 Å². The van der Waals surface area contributed by atoms with Crippen LogP contribution in [-0.2, 0) is 40.5 Å². The van der Waals surface area contributed by atoms with Crippen LogP contribution in [0.25, 0.3) is 10.8 Å². The summed E-state index contributed by atoms with van der Waals surface area (Å²) < 4.78 is 132. The molecule has 250 valence electrons. The number of halogens is 1. The summed E-state index contributed by atoms with van der Waals surface area (Å²) in [5.41, 5.74) is -1.95. The summed E-state index contributed by atoms with van der Waals surface area (Å²) in [7, 11) is -19.5. The van der Waals surface area contributed by atoms with Crippen molar-refractivity contribution >= 4 is 210 Å². The van der Waals surface area contributed by atoms with Crippen LogP contribution >= 0.6 is 11.6 Å². The largest absolute Gasteiger partial charge is 0.505 e. The van der Waals surface area contributed by atoms with Gasteiger partial charge in [0.05, 0.1) is 16.3 Å². The molecule has 0 aliphatic rings. The Morgan fingerprint density at radius 1 is 0.720 bits per heavy atom. The number of anilines is 3. The van der Waals surface area contributed by atoms with Gasteiger partial charge in [0.2, 0.25) is 17.2 Å². The molecular formula is C21H18ClN7Na4O13S4. The first-order valence-electron chi connectivity index (χ1n) is 11.8. The molecule has 0 unspecified atom stereocenters. The predicted octanol–water partition coefficient (Wildman–Crippen LogP) is 1.06. The van der Waals surface area contributed by atoms with Crippen LogP contribution in [0, 0.1) is 0 Å². The summed E-state index contributed by atoms with van der Waals surface area (Å²) in [5.74, 6) is -2.66. The van der Waals surface area contributed by atoms with Gasteiger partial charge in [0.15, 0.2) is 5.75 Å². The number of nitrogens with zero attached hydrogens (tertiary/aromatic N) is 5. The van der Waals surface area contributed by atoms with Crippen LogP contribution in [-0.4, -0.2) is 202 Å². The smallest absolute Gasteiger partial charge is 0.296 e. The van der Waals surface area contributed by atoms with E-state index in [1.165, 1.54) is 12.1 Å². The maximum absolute atomic E-state index is 12.3. The summed E-state index contributed by atoms with van der Waals surface area (Å²) in [6.45, 7) is -0.395. The van der Waals surface area contributed by atoms with Crippen LogP contribution in [0.5, 0.6) is 5.75 Å². The number of nitrogens with one attached hydrogen (secondary N) is 2. The predicted molar refractivity (Wildman–Crippen MR) is 182 cm³/mol.